The number of nitrogens with zero attached hydrogens (tertiary/aromatic N) is 3. The predicted octanol–water partition coefficient (Wildman–Crippen LogP) is 2.18. The van der Waals surface area contributed by atoms with Crippen LogP contribution in [-0.2, 0) is 11.3 Å². The van der Waals surface area contributed by atoms with Crippen molar-refractivity contribution in [1.82, 2.24) is 15.0 Å². The van der Waals surface area contributed by atoms with E-state index < -0.39 is 5.97 Å². The molecule has 0 aliphatic carbocycles. The van der Waals surface area contributed by atoms with Gasteiger partial charge < -0.3 is 19.5 Å². The lowest BCUT2D eigenvalue weighted by molar-refractivity contribution is 0.0607. The van der Waals surface area contributed by atoms with Crippen LogP contribution in [0.3, 0.4) is 0 Å². The number of rotatable bonds is 4. The molecule has 134 valence electrons. The minimum absolute atomic E-state index is 0.210. The molecule has 0 unspecified atom stereocenters. The molecule has 9 heteroatoms. The maximum absolute atomic E-state index is 12.4. The number of ether oxygens (including phenoxy) is 1. The summed E-state index contributed by atoms with van der Waals surface area (Å²) < 4.78 is 9.95. The van der Waals surface area contributed by atoms with Crippen molar-refractivity contribution >= 4 is 29.0 Å². The lowest BCUT2D eigenvalue weighted by atomic mass is 10.3. The monoisotopic (exact) mass is 364 g/mol. The lowest BCUT2D eigenvalue weighted by Crippen LogP contribution is -2.49. The van der Waals surface area contributed by atoms with Crippen LogP contribution in [0.25, 0.3) is 0 Å². The Kier molecular flexibility index (Phi) is 5.34. The highest BCUT2D eigenvalue weighted by atomic mass is 32.1. The Hall–Kier alpha value is -2.39. The number of esters is 1. The molecule has 1 saturated heterocycles. The number of carbonyl (C=O) groups is 2. The highest BCUT2D eigenvalue weighted by molar-refractivity contribution is 7.12. The zero-order valence-corrected chi connectivity index (χ0v) is 15.0. The average Bonchev–Trinajstić information content (AvgIpc) is 3.23. The van der Waals surface area contributed by atoms with Crippen molar-refractivity contribution in [2.75, 3.05) is 38.6 Å². The number of aryl methyl sites for hydroxylation is 1. The minimum Gasteiger partial charge on any atom is -0.465 e. The SMILES string of the molecule is COC(=O)c1sccc1NC(=O)N1CCN(Cc2cc(C)no2)CC1. The zero-order chi connectivity index (χ0) is 17.8. The molecule has 25 heavy (non-hydrogen) atoms. The molecule has 0 atom stereocenters. The number of methoxy groups -OCH3 is 1. The molecule has 1 aliphatic heterocycles. The Balaban J connectivity index is 1.52. The summed E-state index contributed by atoms with van der Waals surface area (Å²) in [4.78, 5) is 28.4. The molecule has 0 bridgehead atoms. The van der Waals surface area contributed by atoms with Crippen LogP contribution >= 0.6 is 11.3 Å². The molecular formula is C16H20N4O4S. The Morgan fingerprint density at radius 1 is 1.36 bits per heavy atom. The van der Waals surface area contributed by atoms with Gasteiger partial charge in [-0.25, -0.2) is 9.59 Å². The normalized spacial score (nSPS) is 15.2. The van der Waals surface area contributed by atoms with Gasteiger partial charge in [-0.1, -0.05) is 5.16 Å². The number of thiophene rings is 1. The van der Waals surface area contributed by atoms with E-state index in [0.29, 0.717) is 30.2 Å². The van der Waals surface area contributed by atoms with E-state index in [-0.39, 0.29) is 6.03 Å². The smallest absolute Gasteiger partial charge is 0.350 e. The molecule has 0 radical (unpaired) electrons. The van der Waals surface area contributed by atoms with Gasteiger partial charge in [-0.3, -0.25) is 4.90 Å². The number of urea groups is 1. The molecule has 0 aromatic carbocycles. The highest BCUT2D eigenvalue weighted by Crippen LogP contribution is 2.23. The number of carbonyl (C=O) groups excluding carboxylic acids is 2. The first kappa shape index (κ1) is 17.4. The summed E-state index contributed by atoms with van der Waals surface area (Å²) in [7, 11) is 1.32. The fourth-order valence-electron chi connectivity index (χ4n) is 2.67. The molecule has 0 spiro atoms. The molecule has 0 saturated carbocycles. The topological polar surface area (TPSA) is 87.9 Å². The molecular weight excluding hydrogens is 344 g/mol. The molecule has 3 heterocycles. The third kappa shape index (κ3) is 4.18. The second-order valence-corrected chi connectivity index (χ2v) is 6.70. The average molecular weight is 364 g/mol. The second-order valence-electron chi connectivity index (χ2n) is 5.78. The summed E-state index contributed by atoms with van der Waals surface area (Å²) in [6.07, 6.45) is 0. The second kappa shape index (κ2) is 7.66. The summed E-state index contributed by atoms with van der Waals surface area (Å²) in [6.45, 7) is 5.30. The van der Waals surface area contributed by atoms with Gasteiger partial charge in [0.05, 0.1) is 25.0 Å². The highest BCUT2D eigenvalue weighted by Gasteiger charge is 2.23. The van der Waals surface area contributed by atoms with Crippen molar-refractivity contribution in [3.05, 3.63) is 33.8 Å². The van der Waals surface area contributed by atoms with E-state index in [1.807, 2.05) is 13.0 Å². The Morgan fingerprint density at radius 3 is 2.76 bits per heavy atom. The van der Waals surface area contributed by atoms with Crippen molar-refractivity contribution < 1.29 is 18.8 Å². The quantitative estimate of drug-likeness (QED) is 0.837. The van der Waals surface area contributed by atoms with Gasteiger partial charge in [0.15, 0.2) is 5.76 Å². The molecule has 3 rings (SSSR count). The number of nitrogens with one attached hydrogen (secondary N) is 1. The van der Waals surface area contributed by atoms with Crippen LogP contribution in [0.4, 0.5) is 10.5 Å². The van der Waals surface area contributed by atoms with Crippen LogP contribution in [0, 0.1) is 6.92 Å². The van der Waals surface area contributed by atoms with Crippen LogP contribution in [0.1, 0.15) is 21.1 Å². The Labute approximate surface area is 149 Å². The summed E-state index contributed by atoms with van der Waals surface area (Å²) in [5.74, 6) is 0.383. The van der Waals surface area contributed by atoms with Crippen LogP contribution in [0.15, 0.2) is 22.0 Å². The predicted molar refractivity (Wildman–Crippen MR) is 92.8 cm³/mol. The molecule has 1 fully saturated rings. The van der Waals surface area contributed by atoms with E-state index >= 15 is 0 Å². The van der Waals surface area contributed by atoms with E-state index in [0.717, 1.165) is 24.5 Å². The summed E-state index contributed by atoms with van der Waals surface area (Å²) in [6, 6.07) is 3.42. The van der Waals surface area contributed by atoms with E-state index in [1.165, 1.54) is 18.4 Å². The first-order valence-corrected chi connectivity index (χ1v) is 8.81. The van der Waals surface area contributed by atoms with Crippen LogP contribution in [0.2, 0.25) is 0 Å². The van der Waals surface area contributed by atoms with Gasteiger partial charge in [0.2, 0.25) is 0 Å². The van der Waals surface area contributed by atoms with E-state index in [2.05, 4.69) is 15.4 Å². The molecule has 1 N–H and O–H groups in total. The van der Waals surface area contributed by atoms with Crippen molar-refractivity contribution in [2.45, 2.75) is 13.5 Å². The van der Waals surface area contributed by atoms with Crippen LogP contribution in [-0.4, -0.2) is 60.2 Å². The van der Waals surface area contributed by atoms with Gasteiger partial charge in [0, 0.05) is 32.2 Å². The fraction of sp³-hybridized carbons (Fsp3) is 0.438. The number of piperazine rings is 1. The van der Waals surface area contributed by atoms with Crippen molar-refractivity contribution in [2.24, 2.45) is 0 Å². The lowest BCUT2D eigenvalue weighted by Gasteiger charge is -2.34. The van der Waals surface area contributed by atoms with Gasteiger partial charge in [-0.05, 0) is 18.4 Å². The third-order valence-electron chi connectivity index (χ3n) is 3.99. The van der Waals surface area contributed by atoms with Gasteiger partial charge in [-0.2, -0.15) is 0 Å². The molecule has 2 aromatic heterocycles. The van der Waals surface area contributed by atoms with E-state index in [9.17, 15) is 9.59 Å². The van der Waals surface area contributed by atoms with E-state index in [4.69, 9.17) is 9.26 Å². The number of hydrogen-bond acceptors (Lipinski definition) is 7. The third-order valence-corrected chi connectivity index (χ3v) is 4.89. The van der Waals surface area contributed by atoms with Crippen molar-refractivity contribution in [3.63, 3.8) is 0 Å². The van der Waals surface area contributed by atoms with E-state index in [1.54, 1.807) is 16.3 Å². The fourth-order valence-corrected chi connectivity index (χ4v) is 3.44. The summed E-state index contributed by atoms with van der Waals surface area (Å²) in [5.41, 5.74) is 1.35. The standard InChI is InChI=1S/C16H20N4O4S/c1-11-9-12(24-18-11)10-19-4-6-20(7-5-19)16(22)17-13-3-8-25-14(13)15(21)23-2/h3,8-9H,4-7,10H2,1-2H3,(H,17,22). The first-order valence-electron chi connectivity index (χ1n) is 7.93. The zero-order valence-electron chi connectivity index (χ0n) is 14.2. The van der Waals surface area contributed by atoms with Gasteiger partial charge in [-0.15, -0.1) is 11.3 Å². The van der Waals surface area contributed by atoms with Crippen molar-refractivity contribution in [1.29, 1.82) is 0 Å². The molecule has 2 amide bonds. The molecule has 2 aromatic rings. The van der Waals surface area contributed by atoms with Crippen LogP contribution in [0.5, 0.6) is 0 Å². The van der Waals surface area contributed by atoms with Gasteiger partial charge in [0.25, 0.3) is 0 Å². The largest absolute Gasteiger partial charge is 0.465 e. The maximum Gasteiger partial charge on any atom is 0.350 e. The molecule has 1 aliphatic rings. The van der Waals surface area contributed by atoms with Crippen molar-refractivity contribution in [3.8, 4) is 0 Å². The number of aromatic nitrogens is 1. The van der Waals surface area contributed by atoms with Gasteiger partial charge in [0.1, 0.15) is 4.88 Å². The van der Waals surface area contributed by atoms with Gasteiger partial charge >= 0.3 is 12.0 Å². The number of amides is 2. The number of hydrogen-bond donors (Lipinski definition) is 1. The summed E-state index contributed by atoms with van der Waals surface area (Å²) >= 11 is 1.24. The Morgan fingerprint density at radius 2 is 2.12 bits per heavy atom. The minimum atomic E-state index is -0.447. The summed E-state index contributed by atoms with van der Waals surface area (Å²) in [5, 5.41) is 8.43. The maximum atomic E-state index is 12.4. The first-order chi connectivity index (χ1) is 12.1. The molecule has 8 nitrogen and oxygen atoms in total. The number of anilines is 1. The van der Waals surface area contributed by atoms with Crippen LogP contribution < -0.4 is 5.32 Å². The Bertz CT molecular complexity index is 749.